The number of benzene rings is 3. The normalized spacial score (nSPS) is 15.8. The number of hydrogen-bond acceptors (Lipinski definition) is 6. The third-order valence-corrected chi connectivity index (χ3v) is 5.39. The summed E-state index contributed by atoms with van der Waals surface area (Å²) >= 11 is 6.50. The maximum absolute atomic E-state index is 9.84. The van der Waals surface area contributed by atoms with Crippen molar-refractivity contribution in [2.24, 2.45) is 5.73 Å². The van der Waals surface area contributed by atoms with Crippen LogP contribution in [0.15, 0.2) is 66.1 Å². The van der Waals surface area contributed by atoms with Gasteiger partial charge in [0, 0.05) is 10.6 Å². The van der Waals surface area contributed by atoms with Gasteiger partial charge in [0.2, 0.25) is 5.88 Å². The largest absolute Gasteiger partial charge is 0.438 e. The van der Waals surface area contributed by atoms with Crippen LogP contribution < -0.4 is 16.2 Å². The summed E-state index contributed by atoms with van der Waals surface area (Å²) in [7, 11) is 0. The number of anilines is 1. The lowest BCUT2D eigenvalue weighted by atomic mass is 9.82. The van der Waals surface area contributed by atoms with Gasteiger partial charge in [-0.15, -0.1) is 0 Å². The molecule has 0 amide bonds. The number of halogens is 1. The van der Waals surface area contributed by atoms with E-state index >= 15 is 0 Å². The van der Waals surface area contributed by atoms with Crippen molar-refractivity contribution in [3.8, 4) is 11.8 Å². The number of ether oxygens (including phenoxy) is 1. The van der Waals surface area contributed by atoms with Crippen molar-refractivity contribution < 1.29 is 4.74 Å². The van der Waals surface area contributed by atoms with E-state index in [-0.39, 0.29) is 11.5 Å². The fraction of sp³-hybridized carbons (Fsp3) is 0.0455. The summed E-state index contributed by atoms with van der Waals surface area (Å²) in [5, 5.41) is 10.4. The smallest absolute Gasteiger partial charge is 0.205 e. The van der Waals surface area contributed by atoms with Gasteiger partial charge in [-0.05, 0) is 29.8 Å². The molecule has 0 fully saturated rings. The second-order valence-corrected chi connectivity index (χ2v) is 7.14. The van der Waals surface area contributed by atoms with Gasteiger partial charge in [0.1, 0.15) is 11.6 Å². The molecular formula is C22H14ClN5O. The molecular weight excluding hydrogens is 386 g/mol. The summed E-state index contributed by atoms with van der Waals surface area (Å²) in [5.41, 5.74) is 17.0. The molecule has 0 spiro atoms. The number of nitriles is 1. The highest BCUT2D eigenvalue weighted by Crippen LogP contribution is 2.49. The van der Waals surface area contributed by atoms with Crippen molar-refractivity contribution in [3.63, 3.8) is 0 Å². The standard InChI is InChI=1S/C22H14ClN5O/c23-13-6-2-1-5-11(13)18-12(10-24)22(26)29-21-14(25)9-17-20(19(18)21)28-16-8-4-3-7-15(16)27-17/h1-9,18H,25-26H2. The first-order valence-electron chi connectivity index (χ1n) is 8.89. The summed E-state index contributed by atoms with van der Waals surface area (Å²) in [6, 6.07) is 18.8. The second-order valence-electron chi connectivity index (χ2n) is 6.73. The first-order chi connectivity index (χ1) is 14.1. The zero-order valence-corrected chi connectivity index (χ0v) is 15.8. The SMILES string of the molecule is N#CC1=C(N)Oc2c(N)cc3nc4ccccc4nc3c2C1c1ccccc1Cl. The van der Waals surface area contributed by atoms with Crippen molar-refractivity contribution in [1.82, 2.24) is 9.97 Å². The molecule has 0 saturated carbocycles. The molecule has 29 heavy (non-hydrogen) atoms. The van der Waals surface area contributed by atoms with Crippen LogP contribution >= 0.6 is 11.6 Å². The average Bonchev–Trinajstić information content (AvgIpc) is 2.72. The molecule has 0 aliphatic carbocycles. The van der Waals surface area contributed by atoms with E-state index in [0.29, 0.717) is 33.1 Å². The van der Waals surface area contributed by atoms with E-state index in [1.807, 2.05) is 42.5 Å². The van der Waals surface area contributed by atoms with Crippen LogP contribution in [0.5, 0.6) is 5.75 Å². The highest BCUT2D eigenvalue weighted by atomic mass is 35.5. The molecule has 1 aromatic heterocycles. The fourth-order valence-corrected chi connectivity index (χ4v) is 4.01. The number of fused-ring (bicyclic) bond motifs is 4. The molecule has 1 aliphatic heterocycles. The summed E-state index contributed by atoms with van der Waals surface area (Å²) in [6.07, 6.45) is 0. The van der Waals surface area contributed by atoms with E-state index < -0.39 is 5.92 Å². The van der Waals surface area contributed by atoms with E-state index in [9.17, 15) is 5.26 Å². The third kappa shape index (κ3) is 2.56. The number of hydrogen-bond donors (Lipinski definition) is 2. The van der Waals surface area contributed by atoms with Gasteiger partial charge >= 0.3 is 0 Å². The summed E-state index contributed by atoms with van der Waals surface area (Å²) < 4.78 is 5.78. The molecule has 0 bridgehead atoms. The molecule has 140 valence electrons. The van der Waals surface area contributed by atoms with Crippen molar-refractivity contribution in [2.75, 3.05) is 5.73 Å². The molecule has 1 aliphatic rings. The number of rotatable bonds is 1. The number of nitrogens with zero attached hydrogens (tertiary/aromatic N) is 3. The lowest BCUT2D eigenvalue weighted by Crippen LogP contribution is -2.22. The van der Waals surface area contributed by atoms with Gasteiger partial charge < -0.3 is 16.2 Å². The Morgan fingerprint density at radius 1 is 0.966 bits per heavy atom. The molecule has 1 atom stereocenters. The summed E-state index contributed by atoms with van der Waals surface area (Å²) in [5.74, 6) is -0.188. The van der Waals surface area contributed by atoms with Gasteiger partial charge in [-0.1, -0.05) is 41.9 Å². The first-order valence-corrected chi connectivity index (χ1v) is 9.27. The predicted octanol–water partition coefficient (Wildman–Crippen LogP) is 4.24. The van der Waals surface area contributed by atoms with Crippen LogP contribution in [0.4, 0.5) is 5.69 Å². The van der Waals surface area contributed by atoms with E-state index in [1.54, 1.807) is 12.1 Å². The zero-order valence-electron chi connectivity index (χ0n) is 15.1. The molecule has 1 unspecified atom stereocenters. The van der Waals surface area contributed by atoms with Crippen molar-refractivity contribution in [3.05, 3.63) is 82.2 Å². The number of nitrogens with two attached hydrogens (primary N) is 2. The fourth-order valence-electron chi connectivity index (χ4n) is 3.76. The monoisotopic (exact) mass is 399 g/mol. The summed E-state index contributed by atoms with van der Waals surface area (Å²) in [4.78, 5) is 9.52. The molecule has 6 nitrogen and oxygen atoms in total. The highest BCUT2D eigenvalue weighted by Gasteiger charge is 2.35. The van der Waals surface area contributed by atoms with Crippen LogP contribution in [0.2, 0.25) is 5.02 Å². The Labute approximate surface area is 171 Å². The Bertz CT molecular complexity index is 1390. The summed E-state index contributed by atoms with van der Waals surface area (Å²) in [6.45, 7) is 0. The third-order valence-electron chi connectivity index (χ3n) is 5.04. The Kier molecular flexibility index (Phi) is 3.79. The van der Waals surface area contributed by atoms with Crippen LogP contribution in [0, 0.1) is 11.3 Å². The maximum atomic E-state index is 9.84. The Morgan fingerprint density at radius 3 is 2.38 bits per heavy atom. The Balaban J connectivity index is 1.93. The Hall–Kier alpha value is -3.82. The van der Waals surface area contributed by atoms with Crippen molar-refractivity contribution in [1.29, 1.82) is 5.26 Å². The van der Waals surface area contributed by atoms with Gasteiger partial charge in [0.25, 0.3) is 0 Å². The van der Waals surface area contributed by atoms with Gasteiger partial charge in [0.15, 0.2) is 5.75 Å². The van der Waals surface area contributed by atoms with Crippen LogP contribution in [-0.4, -0.2) is 9.97 Å². The minimum Gasteiger partial charge on any atom is -0.438 e. The molecule has 3 aromatic carbocycles. The van der Waals surface area contributed by atoms with Gasteiger partial charge in [-0.3, -0.25) is 0 Å². The highest BCUT2D eigenvalue weighted by molar-refractivity contribution is 6.31. The minimum absolute atomic E-state index is 0.00437. The lowest BCUT2D eigenvalue weighted by Gasteiger charge is -2.28. The maximum Gasteiger partial charge on any atom is 0.205 e. The average molecular weight is 400 g/mol. The van der Waals surface area contributed by atoms with E-state index in [4.69, 9.17) is 37.8 Å². The number of para-hydroxylation sites is 2. The lowest BCUT2D eigenvalue weighted by molar-refractivity contribution is 0.397. The topological polar surface area (TPSA) is 111 Å². The molecule has 4 aromatic rings. The van der Waals surface area contributed by atoms with Gasteiger partial charge in [0.05, 0.1) is 33.7 Å². The van der Waals surface area contributed by atoms with Crippen LogP contribution in [0.3, 0.4) is 0 Å². The zero-order chi connectivity index (χ0) is 20.1. The number of allylic oxidation sites excluding steroid dienone is 1. The van der Waals surface area contributed by atoms with Gasteiger partial charge in [-0.25, -0.2) is 9.97 Å². The van der Waals surface area contributed by atoms with Crippen LogP contribution in [-0.2, 0) is 0 Å². The van der Waals surface area contributed by atoms with E-state index in [2.05, 4.69) is 6.07 Å². The van der Waals surface area contributed by atoms with Crippen LogP contribution in [0.1, 0.15) is 17.0 Å². The number of aromatic nitrogens is 2. The minimum atomic E-state index is -0.570. The van der Waals surface area contributed by atoms with Crippen LogP contribution in [0.25, 0.3) is 22.1 Å². The molecule has 5 rings (SSSR count). The van der Waals surface area contributed by atoms with Gasteiger partial charge in [-0.2, -0.15) is 5.26 Å². The molecule has 0 saturated heterocycles. The van der Waals surface area contributed by atoms with E-state index in [0.717, 1.165) is 16.6 Å². The number of nitrogen functional groups attached to an aromatic ring is 1. The predicted molar refractivity (Wildman–Crippen MR) is 112 cm³/mol. The second kappa shape index (κ2) is 6.36. The molecule has 2 heterocycles. The van der Waals surface area contributed by atoms with Crippen molar-refractivity contribution >= 4 is 39.4 Å². The first kappa shape index (κ1) is 17.3. The Morgan fingerprint density at radius 2 is 1.66 bits per heavy atom. The quantitative estimate of drug-likeness (QED) is 0.366. The molecule has 0 radical (unpaired) electrons. The van der Waals surface area contributed by atoms with Crippen molar-refractivity contribution in [2.45, 2.75) is 5.92 Å². The molecule has 7 heteroatoms. The molecule has 4 N–H and O–H groups in total. The van der Waals surface area contributed by atoms with E-state index in [1.165, 1.54) is 0 Å².